The van der Waals surface area contributed by atoms with Crippen LogP contribution in [0.15, 0.2) is 6.20 Å². The van der Waals surface area contributed by atoms with Crippen molar-refractivity contribution in [1.82, 2.24) is 20.3 Å². The molecule has 0 bridgehead atoms. The molecule has 0 saturated carbocycles. The Morgan fingerprint density at radius 3 is 2.95 bits per heavy atom. The summed E-state index contributed by atoms with van der Waals surface area (Å²) < 4.78 is 0.993. The molecule has 1 fully saturated rings. The van der Waals surface area contributed by atoms with E-state index in [0.717, 1.165) is 28.9 Å². The van der Waals surface area contributed by atoms with E-state index < -0.39 is 0 Å². The Labute approximate surface area is 132 Å². The monoisotopic (exact) mass is 392 g/mol. The van der Waals surface area contributed by atoms with Gasteiger partial charge in [-0.1, -0.05) is 13.8 Å². The number of imidazole rings is 1. The average Bonchev–Trinajstić information content (AvgIpc) is 3.02. The molecule has 2 N–H and O–H groups in total. The zero-order valence-corrected chi connectivity index (χ0v) is 14.2. The van der Waals surface area contributed by atoms with Gasteiger partial charge in [0.05, 0.1) is 23.0 Å². The summed E-state index contributed by atoms with van der Waals surface area (Å²) in [7, 11) is 1.54. The van der Waals surface area contributed by atoms with Crippen molar-refractivity contribution in [2.45, 2.75) is 38.8 Å². The van der Waals surface area contributed by atoms with Crippen LogP contribution in [0.5, 0.6) is 0 Å². The van der Waals surface area contributed by atoms with E-state index in [1.54, 1.807) is 13.3 Å². The van der Waals surface area contributed by atoms with E-state index in [1.807, 2.05) is 18.7 Å². The Morgan fingerprint density at radius 2 is 2.40 bits per heavy atom. The van der Waals surface area contributed by atoms with Crippen molar-refractivity contribution in [3.63, 3.8) is 0 Å². The molecule has 1 aromatic heterocycles. The maximum atomic E-state index is 12.7. The van der Waals surface area contributed by atoms with E-state index in [-0.39, 0.29) is 23.9 Å². The highest BCUT2D eigenvalue weighted by Gasteiger charge is 2.36. The van der Waals surface area contributed by atoms with Crippen LogP contribution in [0.2, 0.25) is 0 Å². The predicted octanol–water partition coefficient (Wildman–Crippen LogP) is 1.85. The predicted molar refractivity (Wildman–Crippen MR) is 83.8 cm³/mol. The zero-order valence-electron chi connectivity index (χ0n) is 12.0. The number of aromatic nitrogens is 2. The van der Waals surface area contributed by atoms with Crippen molar-refractivity contribution >= 4 is 28.5 Å². The lowest BCUT2D eigenvalue weighted by molar-refractivity contribution is -0.139. The molecule has 0 radical (unpaired) electrons. The highest BCUT2D eigenvalue weighted by atomic mass is 127. The number of H-pyrrole nitrogens is 1. The smallest absolute Gasteiger partial charge is 0.242 e. The third-order valence-corrected chi connectivity index (χ3v) is 4.14. The summed E-state index contributed by atoms with van der Waals surface area (Å²) >= 11 is 2.20. The van der Waals surface area contributed by atoms with Gasteiger partial charge in [0.2, 0.25) is 5.91 Å². The third-order valence-electron chi connectivity index (χ3n) is 3.59. The fraction of sp³-hybridized carbons (Fsp3) is 0.692. The number of aromatic amines is 1. The first-order valence-corrected chi connectivity index (χ1v) is 7.92. The highest BCUT2D eigenvalue weighted by Crippen LogP contribution is 2.31. The van der Waals surface area contributed by atoms with E-state index in [1.165, 1.54) is 0 Å². The van der Waals surface area contributed by atoms with E-state index in [2.05, 4.69) is 38.0 Å². The van der Waals surface area contributed by atoms with E-state index in [9.17, 15) is 4.79 Å². The van der Waals surface area contributed by atoms with Gasteiger partial charge >= 0.3 is 0 Å². The van der Waals surface area contributed by atoms with Crippen LogP contribution < -0.4 is 5.48 Å². The van der Waals surface area contributed by atoms with Gasteiger partial charge < -0.3 is 14.7 Å². The van der Waals surface area contributed by atoms with Crippen LogP contribution in [0.1, 0.15) is 38.6 Å². The molecule has 0 aromatic carbocycles. The molecule has 2 heterocycles. The summed E-state index contributed by atoms with van der Waals surface area (Å²) in [4.78, 5) is 27.2. The normalized spacial score (nSPS) is 20.6. The standard InChI is InChI=1S/C13H21IN4O2/c1-8(2)11(17-20-3)13(19)18-6-4-5-9(18)12-15-7-10(14)16-12/h7-9,11,17H,4-6H2,1-3H3,(H,15,16)/t9-,11-/m0/s1. The molecule has 20 heavy (non-hydrogen) atoms. The van der Waals surface area contributed by atoms with Gasteiger partial charge in [0.1, 0.15) is 11.9 Å². The minimum absolute atomic E-state index is 0.0472. The van der Waals surface area contributed by atoms with Gasteiger partial charge in [-0.05, 0) is 41.4 Å². The number of carbonyl (C=O) groups excluding carboxylic acids is 1. The zero-order chi connectivity index (χ0) is 14.7. The van der Waals surface area contributed by atoms with Gasteiger partial charge in [-0.15, -0.1) is 0 Å². The number of hydrogen-bond acceptors (Lipinski definition) is 4. The third kappa shape index (κ3) is 3.32. The first kappa shape index (κ1) is 15.7. The minimum atomic E-state index is -0.324. The van der Waals surface area contributed by atoms with Gasteiger partial charge in [-0.2, -0.15) is 5.48 Å². The van der Waals surface area contributed by atoms with Crippen molar-refractivity contribution in [1.29, 1.82) is 0 Å². The molecule has 2 atom stereocenters. The first-order valence-electron chi connectivity index (χ1n) is 6.84. The number of nitrogens with zero attached hydrogens (tertiary/aromatic N) is 2. The molecule has 1 amide bonds. The summed E-state index contributed by atoms with van der Waals surface area (Å²) in [5.41, 5.74) is 2.81. The second-order valence-electron chi connectivity index (χ2n) is 5.35. The number of halogens is 1. The molecule has 0 aliphatic carbocycles. The summed E-state index contributed by atoms with van der Waals surface area (Å²) in [6.45, 7) is 4.79. The molecule has 1 aliphatic heterocycles. The average molecular weight is 392 g/mol. The van der Waals surface area contributed by atoms with Crippen LogP contribution in [0.4, 0.5) is 0 Å². The fourth-order valence-corrected chi connectivity index (χ4v) is 2.99. The maximum Gasteiger partial charge on any atom is 0.242 e. The van der Waals surface area contributed by atoms with Crippen LogP contribution in [-0.4, -0.2) is 40.5 Å². The number of rotatable bonds is 5. The molecule has 1 aliphatic rings. The largest absolute Gasteiger partial charge is 0.336 e. The molecule has 6 nitrogen and oxygen atoms in total. The minimum Gasteiger partial charge on any atom is -0.336 e. The lowest BCUT2D eigenvalue weighted by Gasteiger charge is -2.29. The number of likely N-dealkylation sites (tertiary alicyclic amines) is 1. The summed E-state index contributed by atoms with van der Waals surface area (Å²) in [5, 5.41) is 0. The van der Waals surface area contributed by atoms with Crippen LogP contribution in [0, 0.1) is 9.62 Å². The van der Waals surface area contributed by atoms with Crippen LogP contribution in [0.3, 0.4) is 0 Å². The summed E-state index contributed by atoms with van der Waals surface area (Å²) in [6.07, 6.45) is 3.75. The van der Waals surface area contributed by atoms with Crippen LogP contribution >= 0.6 is 22.6 Å². The van der Waals surface area contributed by atoms with Gasteiger partial charge in [-0.25, -0.2) is 4.98 Å². The lowest BCUT2D eigenvalue weighted by Crippen LogP contribution is -2.48. The van der Waals surface area contributed by atoms with E-state index in [0.29, 0.717) is 0 Å². The van der Waals surface area contributed by atoms with Gasteiger partial charge in [0.15, 0.2) is 0 Å². The quantitative estimate of drug-likeness (QED) is 0.593. The van der Waals surface area contributed by atoms with Crippen molar-refractivity contribution < 1.29 is 9.63 Å². The Bertz CT molecular complexity index is 463. The SMILES string of the molecule is CON[C@H](C(=O)N1CCC[C@H]1c1ncc(I)[nH]1)C(C)C. The van der Waals surface area contributed by atoms with Gasteiger partial charge in [0.25, 0.3) is 0 Å². The van der Waals surface area contributed by atoms with Gasteiger partial charge in [0, 0.05) is 6.54 Å². The molecule has 1 aromatic rings. The first-order chi connectivity index (χ1) is 9.54. The number of hydroxylamine groups is 1. The number of carbonyl (C=O) groups is 1. The molecule has 1 saturated heterocycles. The summed E-state index contributed by atoms with van der Waals surface area (Å²) in [5.74, 6) is 1.12. The maximum absolute atomic E-state index is 12.7. The van der Waals surface area contributed by atoms with Crippen molar-refractivity contribution in [3.05, 3.63) is 15.7 Å². The molecule has 0 spiro atoms. The lowest BCUT2D eigenvalue weighted by atomic mass is 10.0. The van der Waals surface area contributed by atoms with Crippen LogP contribution in [0.25, 0.3) is 0 Å². The van der Waals surface area contributed by atoms with Crippen molar-refractivity contribution in [2.24, 2.45) is 5.92 Å². The fourth-order valence-electron chi connectivity index (χ4n) is 2.57. The number of nitrogens with one attached hydrogen (secondary N) is 2. The number of amides is 1. The molecular weight excluding hydrogens is 371 g/mol. The Morgan fingerprint density at radius 1 is 1.65 bits per heavy atom. The Kier molecular flexibility index (Phi) is 5.39. The Balaban J connectivity index is 2.15. The van der Waals surface area contributed by atoms with Crippen molar-refractivity contribution in [3.8, 4) is 0 Å². The second kappa shape index (κ2) is 6.86. The highest BCUT2D eigenvalue weighted by molar-refractivity contribution is 14.1. The summed E-state index contributed by atoms with van der Waals surface area (Å²) in [6, 6.07) is -0.277. The second-order valence-corrected chi connectivity index (χ2v) is 6.51. The molecule has 7 heteroatoms. The topological polar surface area (TPSA) is 70.2 Å². The molecule has 0 unspecified atom stereocenters. The van der Waals surface area contributed by atoms with Crippen LogP contribution in [-0.2, 0) is 9.63 Å². The number of hydrogen-bond donors (Lipinski definition) is 2. The Hall–Kier alpha value is -0.670. The van der Waals surface area contributed by atoms with Crippen molar-refractivity contribution in [2.75, 3.05) is 13.7 Å². The molecular formula is C13H21IN4O2. The van der Waals surface area contributed by atoms with E-state index >= 15 is 0 Å². The molecule has 112 valence electrons. The van der Waals surface area contributed by atoms with Gasteiger partial charge in [-0.3, -0.25) is 4.79 Å². The van der Waals surface area contributed by atoms with E-state index in [4.69, 9.17) is 4.84 Å². The molecule has 2 rings (SSSR count).